The van der Waals surface area contributed by atoms with Crippen molar-refractivity contribution in [2.75, 3.05) is 17.2 Å². The van der Waals surface area contributed by atoms with Gasteiger partial charge in [-0.25, -0.2) is 4.79 Å². The molecule has 1 unspecified atom stereocenters. The number of nitrogens with zero attached hydrogens (tertiary/aromatic N) is 2. The fourth-order valence-electron chi connectivity index (χ4n) is 5.35. The summed E-state index contributed by atoms with van der Waals surface area (Å²) in [6, 6.07) is 11.9. The van der Waals surface area contributed by atoms with Crippen molar-refractivity contribution >= 4 is 52.6 Å². The number of hydrogen-bond donors (Lipinski definition) is 7. The molecule has 3 aromatic carbocycles. The van der Waals surface area contributed by atoms with Gasteiger partial charge in [0.05, 0.1) is 22.7 Å². The van der Waals surface area contributed by atoms with Gasteiger partial charge < -0.3 is 37.6 Å². The molecule has 0 saturated heterocycles. The van der Waals surface area contributed by atoms with Crippen molar-refractivity contribution in [1.82, 2.24) is 16.0 Å². The Bertz CT molecular complexity index is 1850. The summed E-state index contributed by atoms with van der Waals surface area (Å²) in [6.07, 6.45) is -0.0741. The summed E-state index contributed by atoms with van der Waals surface area (Å²) in [6.45, 7) is 5.23. The number of amides is 5. The molecule has 17 heteroatoms. The molecular formula is C35H41N7O10. The topological polar surface area (TPSA) is 277 Å². The fourth-order valence-corrected chi connectivity index (χ4v) is 5.35. The van der Waals surface area contributed by atoms with Crippen LogP contribution in [0.4, 0.5) is 17.1 Å². The molecule has 0 bridgehead atoms. The third-order valence-corrected chi connectivity index (χ3v) is 8.08. The standard InChI is InChI=1S/C35H41N7O10/c1-19(2)16-27(40-29(43)18-38-30(44)20(3)39-31(45)24-12-8-9-13-26(24)36)32(46)41(21(4)33(47)48)28-17-23(42(51)52)14-15-25(28)35(50,34(37)49)22-10-6-5-7-11-22/h5-15,17,19-21,27,50H,16,18,36H2,1-4H3,(H2,37,49)(H,38,44)(H,39,45)(H,40,43)(H,47,48)/t20-,21-,27-,35?/m0/s1. The predicted octanol–water partition coefficient (Wildman–Crippen LogP) is 1.17. The van der Waals surface area contributed by atoms with E-state index in [1.807, 2.05) is 0 Å². The van der Waals surface area contributed by atoms with Crippen molar-refractivity contribution < 1.29 is 43.9 Å². The number of nitrogen functional groups attached to an aromatic ring is 1. The van der Waals surface area contributed by atoms with Gasteiger partial charge in [-0.2, -0.15) is 0 Å². The number of carbonyl (C=O) groups excluding carboxylic acids is 5. The lowest BCUT2D eigenvalue weighted by molar-refractivity contribution is -0.384. The van der Waals surface area contributed by atoms with Crippen molar-refractivity contribution in [2.45, 2.75) is 57.8 Å². The Morgan fingerprint density at radius 3 is 2.10 bits per heavy atom. The monoisotopic (exact) mass is 719 g/mol. The molecule has 0 fully saturated rings. The van der Waals surface area contributed by atoms with Crippen molar-refractivity contribution in [2.24, 2.45) is 11.7 Å². The van der Waals surface area contributed by atoms with E-state index in [2.05, 4.69) is 16.0 Å². The SMILES string of the molecule is CC(C)C[C@H](NC(=O)CNC(=O)[C@H](C)NC(=O)c1ccccc1N)C(=O)N(c1cc([N+](=O)[O-])ccc1C(O)(C(N)=O)c1ccccc1)[C@@H](C)C(=O)O. The van der Waals surface area contributed by atoms with Crippen LogP contribution < -0.4 is 32.3 Å². The molecule has 3 aromatic rings. The molecule has 9 N–H and O–H groups in total. The molecule has 0 aliphatic rings. The van der Waals surface area contributed by atoms with Gasteiger partial charge in [0.2, 0.25) is 17.7 Å². The molecule has 4 atom stereocenters. The predicted molar refractivity (Wildman–Crippen MR) is 188 cm³/mol. The largest absolute Gasteiger partial charge is 0.480 e. The molecule has 0 aliphatic carbocycles. The normalized spacial score (nSPS) is 13.8. The van der Waals surface area contributed by atoms with Crippen LogP contribution in [-0.4, -0.2) is 75.3 Å². The molecule has 0 heterocycles. The Morgan fingerprint density at radius 1 is 0.923 bits per heavy atom. The van der Waals surface area contributed by atoms with Crippen LogP contribution >= 0.6 is 0 Å². The lowest BCUT2D eigenvalue weighted by Gasteiger charge is -2.36. The third-order valence-electron chi connectivity index (χ3n) is 8.08. The van der Waals surface area contributed by atoms with Crippen LogP contribution in [0, 0.1) is 16.0 Å². The molecule has 5 amide bonds. The quantitative estimate of drug-likeness (QED) is 0.0627. The van der Waals surface area contributed by atoms with E-state index in [1.54, 1.807) is 32.0 Å². The number of nitrogens with one attached hydrogen (secondary N) is 3. The minimum absolute atomic E-state index is 0.0741. The van der Waals surface area contributed by atoms with Gasteiger partial charge in [0.1, 0.15) is 18.1 Å². The van der Waals surface area contributed by atoms with Crippen LogP contribution in [0.1, 0.15) is 55.6 Å². The molecule has 17 nitrogen and oxygen atoms in total. The number of para-hydroxylation sites is 1. The number of benzene rings is 3. The van der Waals surface area contributed by atoms with Crippen LogP contribution in [0.2, 0.25) is 0 Å². The molecule has 52 heavy (non-hydrogen) atoms. The second-order valence-electron chi connectivity index (χ2n) is 12.4. The third kappa shape index (κ3) is 9.25. The number of anilines is 2. The number of non-ortho nitro benzene ring substituents is 1. The molecule has 3 rings (SSSR count). The first-order chi connectivity index (χ1) is 24.4. The van der Waals surface area contributed by atoms with Gasteiger partial charge in [0, 0.05) is 23.4 Å². The Labute approximate surface area is 298 Å². The summed E-state index contributed by atoms with van der Waals surface area (Å²) in [5, 5.41) is 41.1. The minimum Gasteiger partial charge on any atom is -0.480 e. The van der Waals surface area contributed by atoms with Crippen LogP contribution in [0.3, 0.4) is 0 Å². The number of carboxylic acids is 1. The first-order valence-corrected chi connectivity index (χ1v) is 16.0. The minimum atomic E-state index is -2.71. The Kier molecular flexibility index (Phi) is 13.1. The van der Waals surface area contributed by atoms with Crippen LogP contribution in [0.15, 0.2) is 72.8 Å². The van der Waals surface area contributed by atoms with Gasteiger partial charge in [0.15, 0.2) is 5.60 Å². The zero-order valence-corrected chi connectivity index (χ0v) is 28.9. The molecule has 0 aromatic heterocycles. The van der Waals surface area contributed by atoms with E-state index in [-0.39, 0.29) is 29.2 Å². The van der Waals surface area contributed by atoms with E-state index in [9.17, 15) is 49.1 Å². The number of hydrogen-bond acceptors (Lipinski definition) is 10. The highest BCUT2D eigenvalue weighted by Crippen LogP contribution is 2.39. The number of nitro groups is 1. The maximum Gasteiger partial charge on any atom is 0.326 e. The maximum absolute atomic E-state index is 14.4. The number of carboxylic acid groups (broad SMARTS) is 1. The van der Waals surface area contributed by atoms with Crippen molar-refractivity contribution in [3.63, 3.8) is 0 Å². The molecular weight excluding hydrogens is 678 g/mol. The maximum atomic E-state index is 14.4. The zero-order valence-electron chi connectivity index (χ0n) is 28.9. The van der Waals surface area contributed by atoms with Gasteiger partial charge in [-0.1, -0.05) is 56.3 Å². The molecule has 0 spiro atoms. The smallest absolute Gasteiger partial charge is 0.326 e. The average molecular weight is 720 g/mol. The van der Waals surface area contributed by atoms with E-state index in [1.165, 1.54) is 43.3 Å². The molecule has 276 valence electrons. The summed E-state index contributed by atoms with van der Waals surface area (Å²) in [4.78, 5) is 89.9. The highest BCUT2D eigenvalue weighted by molar-refractivity contribution is 6.06. The number of aliphatic carboxylic acids is 1. The van der Waals surface area contributed by atoms with Crippen LogP contribution in [-0.2, 0) is 29.6 Å². The lowest BCUT2D eigenvalue weighted by atomic mass is 9.83. The van der Waals surface area contributed by atoms with E-state index < -0.39 is 87.6 Å². The fraction of sp³-hybridized carbons (Fsp3) is 0.314. The number of nitrogens with two attached hydrogens (primary N) is 2. The molecule has 0 aliphatic heterocycles. The van der Waals surface area contributed by atoms with E-state index in [0.717, 1.165) is 25.1 Å². The summed E-state index contributed by atoms with van der Waals surface area (Å²) in [5.74, 6) is -6.50. The van der Waals surface area contributed by atoms with E-state index >= 15 is 0 Å². The Hall–Kier alpha value is -6.36. The summed E-state index contributed by atoms with van der Waals surface area (Å²) in [5.41, 5.74) is 7.47. The summed E-state index contributed by atoms with van der Waals surface area (Å²) in [7, 11) is 0. The first kappa shape index (κ1) is 40.1. The van der Waals surface area contributed by atoms with Crippen molar-refractivity contribution in [3.05, 3.63) is 99.6 Å². The number of carbonyl (C=O) groups is 6. The van der Waals surface area contributed by atoms with Gasteiger partial charge in [-0.3, -0.25) is 39.0 Å². The van der Waals surface area contributed by atoms with E-state index in [4.69, 9.17) is 11.5 Å². The second kappa shape index (κ2) is 17.0. The number of rotatable bonds is 16. The van der Waals surface area contributed by atoms with E-state index in [0.29, 0.717) is 4.90 Å². The van der Waals surface area contributed by atoms with Crippen molar-refractivity contribution in [3.8, 4) is 0 Å². The Morgan fingerprint density at radius 2 is 1.54 bits per heavy atom. The van der Waals surface area contributed by atoms with Gasteiger partial charge in [0.25, 0.3) is 17.5 Å². The van der Waals surface area contributed by atoms with Crippen LogP contribution in [0.25, 0.3) is 0 Å². The number of nitro benzene ring substituents is 1. The van der Waals surface area contributed by atoms with Gasteiger partial charge in [-0.05, 0) is 49.9 Å². The van der Waals surface area contributed by atoms with Gasteiger partial charge >= 0.3 is 5.97 Å². The highest BCUT2D eigenvalue weighted by atomic mass is 16.6. The lowest BCUT2D eigenvalue weighted by Crippen LogP contribution is -2.56. The Balaban J connectivity index is 1.99. The zero-order chi connectivity index (χ0) is 38.9. The van der Waals surface area contributed by atoms with Crippen molar-refractivity contribution in [1.29, 1.82) is 0 Å². The number of primary amides is 1. The highest BCUT2D eigenvalue weighted by Gasteiger charge is 2.44. The first-order valence-electron chi connectivity index (χ1n) is 16.0. The van der Waals surface area contributed by atoms with Gasteiger partial charge in [-0.15, -0.1) is 0 Å². The summed E-state index contributed by atoms with van der Waals surface area (Å²) >= 11 is 0. The average Bonchev–Trinajstić information content (AvgIpc) is 3.09. The number of aliphatic hydroxyl groups is 1. The second-order valence-corrected chi connectivity index (χ2v) is 12.4. The van der Waals surface area contributed by atoms with Crippen LogP contribution in [0.5, 0.6) is 0 Å². The molecule has 0 radical (unpaired) electrons. The summed E-state index contributed by atoms with van der Waals surface area (Å²) < 4.78 is 0. The molecule has 0 saturated carbocycles.